The van der Waals surface area contributed by atoms with Crippen LogP contribution in [0.25, 0.3) is 0 Å². The van der Waals surface area contributed by atoms with Gasteiger partial charge in [0.05, 0.1) is 12.1 Å². The van der Waals surface area contributed by atoms with Crippen LogP contribution in [0.15, 0.2) is 0 Å². The molecule has 0 bridgehead atoms. The highest BCUT2D eigenvalue weighted by Crippen LogP contribution is 2.12. The van der Waals surface area contributed by atoms with E-state index in [0.29, 0.717) is 4.77 Å². The molecule has 0 radical (unpaired) electrons. The SMILES string of the molecule is CCc1n[nH]c(=S)n1CC(C)(C)OC. The lowest BCUT2D eigenvalue weighted by Crippen LogP contribution is -2.29. The van der Waals surface area contributed by atoms with Gasteiger partial charge in [0.25, 0.3) is 0 Å². The van der Waals surface area contributed by atoms with Gasteiger partial charge in [0, 0.05) is 13.5 Å². The van der Waals surface area contributed by atoms with Crippen LogP contribution in [0.5, 0.6) is 0 Å². The van der Waals surface area contributed by atoms with Gasteiger partial charge in [0.2, 0.25) is 0 Å². The second-order valence-corrected chi connectivity index (χ2v) is 4.24. The molecule has 0 amide bonds. The van der Waals surface area contributed by atoms with Crippen molar-refractivity contribution in [2.24, 2.45) is 0 Å². The normalized spacial score (nSPS) is 12.0. The van der Waals surface area contributed by atoms with Crippen LogP contribution in [0.3, 0.4) is 0 Å². The Labute approximate surface area is 89.3 Å². The Kier molecular flexibility index (Phi) is 3.44. The summed E-state index contributed by atoms with van der Waals surface area (Å²) in [5.41, 5.74) is -0.216. The predicted molar refractivity (Wildman–Crippen MR) is 57.9 cm³/mol. The van der Waals surface area contributed by atoms with Crippen LogP contribution in [0.2, 0.25) is 0 Å². The number of ether oxygens (including phenoxy) is 1. The highest BCUT2D eigenvalue weighted by atomic mass is 32.1. The smallest absolute Gasteiger partial charge is 0.195 e. The quantitative estimate of drug-likeness (QED) is 0.780. The van der Waals surface area contributed by atoms with Crippen molar-refractivity contribution in [3.8, 4) is 0 Å². The number of nitrogens with zero attached hydrogens (tertiary/aromatic N) is 2. The van der Waals surface area contributed by atoms with Crippen molar-refractivity contribution in [1.29, 1.82) is 0 Å². The number of hydrogen-bond donors (Lipinski definition) is 1. The van der Waals surface area contributed by atoms with Crippen LogP contribution >= 0.6 is 12.2 Å². The van der Waals surface area contributed by atoms with E-state index in [1.54, 1.807) is 7.11 Å². The lowest BCUT2D eigenvalue weighted by molar-refractivity contribution is 0.00721. The molecule has 80 valence electrons. The van der Waals surface area contributed by atoms with E-state index in [2.05, 4.69) is 17.1 Å². The molecule has 0 saturated heterocycles. The summed E-state index contributed by atoms with van der Waals surface area (Å²) >= 11 is 5.14. The largest absolute Gasteiger partial charge is 0.377 e. The third kappa shape index (κ3) is 2.42. The Hall–Kier alpha value is -0.680. The summed E-state index contributed by atoms with van der Waals surface area (Å²) in [7, 11) is 1.70. The van der Waals surface area contributed by atoms with E-state index < -0.39 is 0 Å². The molecular weight excluding hydrogens is 198 g/mol. The molecule has 0 fully saturated rings. The molecule has 1 heterocycles. The second-order valence-electron chi connectivity index (χ2n) is 3.85. The summed E-state index contributed by atoms with van der Waals surface area (Å²) in [6, 6.07) is 0. The van der Waals surface area contributed by atoms with Crippen molar-refractivity contribution in [3.63, 3.8) is 0 Å². The summed E-state index contributed by atoms with van der Waals surface area (Å²) in [6.45, 7) is 6.84. The van der Waals surface area contributed by atoms with E-state index in [1.807, 2.05) is 18.4 Å². The number of rotatable bonds is 4. The van der Waals surface area contributed by atoms with Crippen molar-refractivity contribution in [2.75, 3.05) is 7.11 Å². The first-order chi connectivity index (χ1) is 6.50. The third-order valence-corrected chi connectivity index (χ3v) is 2.56. The Morgan fingerprint density at radius 1 is 1.57 bits per heavy atom. The van der Waals surface area contributed by atoms with E-state index in [9.17, 15) is 0 Å². The van der Waals surface area contributed by atoms with Gasteiger partial charge in [-0.15, -0.1) is 0 Å². The van der Waals surface area contributed by atoms with Crippen molar-refractivity contribution in [2.45, 2.75) is 39.3 Å². The van der Waals surface area contributed by atoms with E-state index in [4.69, 9.17) is 17.0 Å². The lowest BCUT2D eigenvalue weighted by atomic mass is 10.1. The maximum atomic E-state index is 5.36. The summed E-state index contributed by atoms with van der Waals surface area (Å²) in [4.78, 5) is 0. The Morgan fingerprint density at radius 3 is 2.71 bits per heavy atom. The van der Waals surface area contributed by atoms with Crippen molar-refractivity contribution in [1.82, 2.24) is 14.8 Å². The van der Waals surface area contributed by atoms with Gasteiger partial charge in [0.1, 0.15) is 5.82 Å². The van der Waals surface area contributed by atoms with Gasteiger partial charge in [-0.1, -0.05) is 6.92 Å². The van der Waals surface area contributed by atoms with Gasteiger partial charge in [-0.25, -0.2) is 0 Å². The fraction of sp³-hybridized carbons (Fsp3) is 0.778. The lowest BCUT2D eigenvalue weighted by Gasteiger charge is -2.23. The van der Waals surface area contributed by atoms with Gasteiger partial charge < -0.3 is 9.30 Å². The molecule has 1 N–H and O–H groups in total. The van der Waals surface area contributed by atoms with Crippen molar-refractivity contribution < 1.29 is 4.74 Å². The second kappa shape index (κ2) is 4.23. The zero-order valence-corrected chi connectivity index (χ0v) is 9.94. The summed E-state index contributed by atoms with van der Waals surface area (Å²) in [5.74, 6) is 0.972. The zero-order chi connectivity index (χ0) is 10.8. The number of nitrogens with one attached hydrogen (secondary N) is 1. The molecule has 0 saturated carbocycles. The van der Waals surface area contributed by atoms with Crippen LogP contribution in [-0.2, 0) is 17.7 Å². The van der Waals surface area contributed by atoms with Crippen LogP contribution in [0, 0.1) is 4.77 Å². The first-order valence-corrected chi connectivity index (χ1v) is 5.10. The Bertz CT molecular complexity index is 353. The number of methoxy groups -OCH3 is 1. The molecule has 0 unspecified atom stereocenters. The number of hydrogen-bond acceptors (Lipinski definition) is 3. The van der Waals surface area contributed by atoms with Gasteiger partial charge in [-0.3, -0.25) is 5.10 Å². The Morgan fingerprint density at radius 2 is 2.21 bits per heavy atom. The minimum atomic E-state index is -0.216. The molecule has 5 heteroatoms. The molecule has 0 aromatic carbocycles. The minimum absolute atomic E-state index is 0.216. The minimum Gasteiger partial charge on any atom is -0.377 e. The number of aromatic amines is 1. The van der Waals surface area contributed by atoms with E-state index >= 15 is 0 Å². The number of aromatic nitrogens is 3. The standard InChI is InChI=1S/C9H17N3OS/c1-5-7-10-11-8(14)12(7)6-9(2,3)13-4/h5-6H2,1-4H3,(H,11,14). The number of aryl methyl sites for hydroxylation is 1. The van der Waals surface area contributed by atoms with E-state index in [-0.39, 0.29) is 5.60 Å². The summed E-state index contributed by atoms with van der Waals surface area (Å²) in [6.07, 6.45) is 0.868. The maximum absolute atomic E-state index is 5.36. The number of H-pyrrole nitrogens is 1. The van der Waals surface area contributed by atoms with Crippen LogP contribution in [-0.4, -0.2) is 27.5 Å². The zero-order valence-electron chi connectivity index (χ0n) is 9.13. The van der Waals surface area contributed by atoms with Gasteiger partial charge in [0.15, 0.2) is 4.77 Å². The van der Waals surface area contributed by atoms with Crippen LogP contribution in [0.4, 0.5) is 0 Å². The molecule has 14 heavy (non-hydrogen) atoms. The van der Waals surface area contributed by atoms with E-state index in [1.165, 1.54) is 0 Å². The molecular formula is C9H17N3OS. The fourth-order valence-corrected chi connectivity index (χ4v) is 1.44. The fourth-order valence-electron chi connectivity index (χ4n) is 1.23. The first kappa shape index (κ1) is 11.4. The van der Waals surface area contributed by atoms with Crippen LogP contribution in [0.1, 0.15) is 26.6 Å². The highest BCUT2D eigenvalue weighted by Gasteiger charge is 2.19. The third-order valence-electron chi connectivity index (χ3n) is 2.25. The first-order valence-electron chi connectivity index (χ1n) is 4.69. The van der Waals surface area contributed by atoms with E-state index in [0.717, 1.165) is 18.8 Å². The average molecular weight is 215 g/mol. The highest BCUT2D eigenvalue weighted by molar-refractivity contribution is 7.71. The summed E-state index contributed by atoms with van der Waals surface area (Å²) in [5, 5.41) is 6.94. The van der Waals surface area contributed by atoms with Crippen molar-refractivity contribution in [3.05, 3.63) is 10.6 Å². The topological polar surface area (TPSA) is 42.8 Å². The molecule has 4 nitrogen and oxygen atoms in total. The Balaban J connectivity index is 2.95. The molecule has 0 atom stereocenters. The monoisotopic (exact) mass is 215 g/mol. The molecule has 1 aromatic rings. The van der Waals surface area contributed by atoms with Crippen molar-refractivity contribution >= 4 is 12.2 Å². The van der Waals surface area contributed by atoms with Gasteiger partial charge in [-0.2, -0.15) is 5.10 Å². The molecule has 1 aromatic heterocycles. The van der Waals surface area contributed by atoms with Crippen LogP contribution < -0.4 is 0 Å². The average Bonchev–Trinajstić information content (AvgIpc) is 2.48. The molecule has 0 aliphatic heterocycles. The van der Waals surface area contributed by atoms with Gasteiger partial charge >= 0.3 is 0 Å². The summed E-state index contributed by atoms with van der Waals surface area (Å²) < 4.78 is 8.00. The maximum Gasteiger partial charge on any atom is 0.195 e. The predicted octanol–water partition coefficient (Wildman–Crippen LogP) is 1.93. The molecule has 0 spiro atoms. The van der Waals surface area contributed by atoms with Gasteiger partial charge in [-0.05, 0) is 26.1 Å². The molecule has 0 aliphatic carbocycles. The molecule has 0 aliphatic rings. The molecule has 1 rings (SSSR count).